The van der Waals surface area contributed by atoms with Crippen LogP contribution in [0.1, 0.15) is 12.5 Å². The summed E-state index contributed by atoms with van der Waals surface area (Å²) in [5.41, 5.74) is -1.77. The highest BCUT2D eigenvalue weighted by Gasteiger charge is 2.23. The molecule has 1 aromatic carbocycles. The van der Waals surface area contributed by atoms with E-state index in [1.165, 1.54) is 6.07 Å². The molecule has 21 heavy (non-hydrogen) atoms. The summed E-state index contributed by atoms with van der Waals surface area (Å²) < 4.78 is 0. The molecule has 0 aliphatic heterocycles. The lowest BCUT2D eigenvalue weighted by molar-refractivity contribution is -0.386. The number of phenolic OH excluding ortho intramolecular Hbond substituents is 2. The number of rotatable bonds is 4. The van der Waals surface area contributed by atoms with Gasteiger partial charge in [-0.1, -0.05) is 18.7 Å². The molecule has 1 aromatic rings. The molecule has 8 nitrogen and oxygen atoms in total. The number of hydrogen-bond acceptors (Lipinski definition) is 8. The van der Waals surface area contributed by atoms with Crippen LogP contribution in [0.25, 0.3) is 5.76 Å². The summed E-state index contributed by atoms with van der Waals surface area (Å²) in [7, 11) is 0. The molecule has 0 aromatic heterocycles. The highest BCUT2D eigenvalue weighted by Crippen LogP contribution is 2.38. The van der Waals surface area contributed by atoms with Gasteiger partial charge in [-0.05, 0) is 11.8 Å². The third-order valence-electron chi connectivity index (χ3n) is 2.37. The summed E-state index contributed by atoms with van der Waals surface area (Å²) in [5.74, 6) is -2.25. The average molecular weight is 310 g/mol. The minimum atomic E-state index is -0.972. The first kappa shape index (κ1) is 16.3. The maximum absolute atomic E-state index is 11.6. The second kappa shape index (κ2) is 6.62. The Hall–Kier alpha value is -2.73. The Morgan fingerprint density at radius 1 is 1.48 bits per heavy atom. The van der Waals surface area contributed by atoms with Crippen molar-refractivity contribution in [1.82, 2.24) is 0 Å². The van der Waals surface area contributed by atoms with Gasteiger partial charge in [0.15, 0.2) is 5.75 Å². The largest absolute Gasteiger partial charge is 0.506 e. The maximum atomic E-state index is 11.6. The van der Waals surface area contributed by atoms with Gasteiger partial charge in [-0.2, -0.15) is 5.26 Å². The number of carbonyl (C=O) groups excluding carboxylic acids is 1. The van der Waals surface area contributed by atoms with Crippen LogP contribution in [0, 0.1) is 21.4 Å². The molecule has 0 aliphatic rings. The normalized spacial score (nSPS) is 11.4. The number of phenols is 2. The topological polar surface area (TPSA) is 145 Å². The molecule has 0 fully saturated rings. The average Bonchev–Trinajstić information content (AvgIpc) is 2.42. The van der Waals surface area contributed by atoms with Crippen LogP contribution in [0.2, 0.25) is 0 Å². The van der Waals surface area contributed by atoms with Crippen LogP contribution >= 0.6 is 11.8 Å². The lowest BCUT2D eigenvalue weighted by Crippen LogP contribution is -2.01. The zero-order chi connectivity index (χ0) is 16.2. The number of benzene rings is 1. The van der Waals surface area contributed by atoms with Crippen LogP contribution < -0.4 is 0 Å². The van der Waals surface area contributed by atoms with Crippen molar-refractivity contribution in [2.24, 2.45) is 0 Å². The van der Waals surface area contributed by atoms with Gasteiger partial charge in [0, 0.05) is 11.6 Å². The van der Waals surface area contributed by atoms with E-state index >= 15 is 0 Å². The highest BCUT2D eigenvalue weighted by molar-refractivity contribution is 8.14. The molecular formula is C12H10N2O6S. The molecule has 0 unspecified atom stereocenters. The third-order valence-corrected chi connectivity index (χ3v) is 3.12. The Labute approximate surface area is 123 Å². The van der Waals surface area contributed by atoms with Gasteiger partial charge in [0.2, 0.25) is 10.9 Å². The molecule has 3 N–H and O–H groups in total. The molecule has 110 valence electrons. The summed E-state index contributed by atoms with van der Waals surface area (Å²) in [6.07, 6.45) is 0. The number of nitriles is 1. The molecule has 0 saturated carbocycles. The quantitative estimate of drug-likeness (QED) is 0.191. The molecule has 0 radical (unpaired) electrons. The van der Waals surface area contributed by atoms with Crippen LogP contribution in [0.4, 0.5) is 5.69 Å². The molecule has 1 rings (SSSR count). The van der Waals surface area contributed by atoms with Crippen molar-refractivity contribution in [3.8, 4) is 17.6 Å². The lowest BCUT2D eigenvalue weighted by Gasteiger charge is -2.06. The maximum Gasteiger partial charge on any atom is 0.315 e. The zero-order valence-corrected chi connectivity index (χ0v) is 11.5. The highest BCUT2D eigenvalue weighted by atomic mass is 32.2. The number of aliphatic hydroxyl groups is 1. The first-order valence-corrected chi connectivity index (χ1v) is 6.53. The SMILES string of the molecule is CCSC(=O)/C(C#N)=C(\O)c1cc(O)c(O)c([N+](=O)[O-])c1. The van der Waals surface area contributed by atoms with Crippen LogP contribution in [-0.2, 0) is 4.79 Å². The predicted octanol–water partition coefficient (Wildman–Crippen LogP) is 2.08. The third kappa shape index (κ3) is 3.43. The number of thioether (sulfide) groups is 1. The first-order chi connectivity index (χ1) is 9.83. The van der Waals surface area contributed by atoms with E-state index in [0.717, 1.165) is 23.9 Å². The number of hydrogen-bond donors (Lipinski definition) is 3. The van der Waals surface area contributed by atoms with Gasteiger partial charge in [0.1, 0.15) is 17.4 Å². The van der Waals surface area contributed by atoms with Crippen molar-refractivity contribution in [3.63, 3.8) is 0 Å². The molecule has 9 heteroatoms. The van der Waals surface area contributed by atoms with E-state index in [2.05, 4.69) is 0 Å². The van der Waals surface area contributed by atoms with E-state index in [4.69, 9.17) is 5.26 Å². The number of nitro groups is 1. The number of carbonyl (C=O) groups is 1. The summed E-state index contributed by atoms with van der Waals surface area (Å²) in [4.78, 5) is 21.4. The molecule has 0 heterocycles. The van der Waals surface area contributed by atoms with E-state index in [0.29, 0.717) is 5.75 Å². The van der Waals surface area contributed by atoms with Gasteiger partial charge in [-0.15, -0.1) is 0 Å². The second-order valence-electron chi connectivity index (χ2n) is 3.68. The van der Waals surface area contributed by atoms with E-state index in [1.54, 1.807) is 6.92 Å². The molecular weight excluding hydrogens is 300 g/mol. The number of nitrogens with zero attached hydrogens (tertiary/aromatic N) is 2. The Bertz CT molecular complexity index is 677. The van der Waals surface area contributed by atoms with E-state index in [-0.39, 0.29) is 5.56 Å². The smallest absolute Gasteiger partial charge is 0.315 e. The van der Waals surface area contributed by atoms with Crippen molar-refractivity contribution < 1.29 is 25.0 Å². The van der Waals surface area contributed by atoms with Gasteiger partial charge in [0.05, 0.1) is 4.92 Å². The Balaban J connectivity index is 3.49. The second-order valence-corrected chi connectivity index (χ2v) is 4.91. The fourth-order valence-corrected chi connectivity index (χ4v) is 1.97. The molecule has 0 spiro atoms. The van der Waals surface area contributed by atoms with Crippen LogP contribution in [0.3, 0.4) is 0 Å². The summed E-state index contributed by atoms with van der Waals surface area (Å²) in [6.45, 7) is 1.67. The van der Waals surface area contributed by atoms with Crippen molar-refractivity contribution in [2.75, 3.05) is 5.75 Å². The monoisotopic (exact) mass is 310 g/mol. The summed E-state index contributed by atoms with van der Waals surface area (Å²) in [5, 5.41) is 47.6. The molecule has 0 amide bonds. The fraction of sp³-hybridized carbons (Fsp3) is 0.167. The van der Waals surface area contributed by atoms with Gasteiger partial charge in [-0.25, -0.2) is 0 Å². The molecule has 0 saturated heterocycles. The Morgan fingerprint density at radius 3 is 2.57 bits per heavy atom. The number of nitro benzene ring substituents is 1. The van der Waals surface area contributed by atoms with Gasteiger partial charge < -0.3 is 15.3 Å². The lowest BCUT2D eigenvalue weighted by atomic mass is 10.1. The Morgan fingerprint density at radius 2 is 2.10 bits per heavy atom. The van der Waals surface area contributed by atoms with Crippen molar-refractivity contribution >= 4 is 28.3 Å². The first-order valence-electron chi connectivity index (χ1n) is 5.54. The van der Waals surface area contributed by atoms with Crippen LogP contribution in [0.15, 0.2) is 17.7 Å². The minimum Gasteiger partial charge on any atom is -0.506 e. The zero-order valence-electron chi connectivity index (χ0n) is 10.7. The van der Waals surface area contributed by atoms with Crippen molar-refractivity contribution in [1.29, 1.82) is 5.26 Å². The minimum absolute atomic E-state index is 0.321. The van der Waals surface area contributed by atoms with Gasteiger partial charge in [-0.3, -0.25) is 14.9 Å². The van der Waals surface area contributed by atoms with E-state index < -0.39 is 38.6 Å². The summed E-state index contributed by atoms with van der Waals surface area (Å²) >= 11 is 0.780. The van der Waals surface area contributed by atoms with Crippen LogP contribution in [-0.4, -0.2) is 31.1 Å². The summed E-state index contributed by atoms with van der Waals surface area (Å²) in [6, 6.07) is 3.09. The standard InChI is InChI=1S/C12H10N2O6S/c1-2-21-12(18)7(5-13)10(16)6-3-8(14(19)20)11(17)9(15)4-6/h3-4,15-17H,2H2,1H3/b10-7-. The van der Waals surface area contributed by atoms with Crippen molar-refractivity contribution in [3.05, 3.63) is 33.4 Å². The number of aromatic hydroxyl groups is 2. The van der Waals surface area contributed by atoms with Gasteiger partial charge >= 0.3 is 5.69 Å². The molecule has 0 bridgehead atoms. The predicted molar refractivity (Wildman–Crippen MR) is 74.7 cm³/mol. The van der Waals surface area contributed by atoms with Crippen LogP contribution in [0.5, 0.6) is 11.5 Å². The molecule has 0 aliphatic carbocycles. The number of aliphatic hydroxyl groups excluding tert-OH is 1. The Kier molecular flexibility index (Phi) is 5.15. The van der Waals surface area contributed by atoms with Crippen molar-refractivity contribution in [2.45, 2.75) is 6.92 Å². The molecule has 0 atom stereocenters. The van der Waals surface area contributed by atoms with E-state index in [1.807, 2.05) is 0 Å². The fourth-order valence-electron chi connectivity index (χ4n) is 1.42. The van der Waals surface area contributed by atoms with Gasteiger partial charge in [0.25, 0.3) is 0 Å². The van der Waals surface area contributed by atoms with E-state index in [9.17, 15) is 30.2 Å².